The summed E-state index contributed by atoms with van der Waals surface area (Å²) in [5.41, 5.74) is 3.52. The van der Waals surface area contributed by atoms with Crippen LogP contribution in [0.5, 0.6) is 5.75 Å². The van der Waals surface area contributed by atoms with Crippen LogP contribution in [-0.4, -0.2) is 57.7 Å². The minimum Gasteiger partial charge on any atom is -0.494 e. The summed E-state index contributed by atoms with van der Waals surface area (Å²) in [7, 11) is 0. The number of benzene rings is 2. The van der Waals surface area contributed by atoms with Gasteiger partial charge in [-0.25, -0.2) is 4.68 Å². The molecule has 0 saturated carbocycles. The molecule has 2 atom stereocenters. The van der Waals surface area contributed by atoms with Crippen LogP contribution in [0, 0.1) is 0 Å². The third-order valence-corrected chi connectivity index (χ3v) is 7.27. The van der Waals surface area contributed by atoms with E-state index in [-0.39, 0.29) is 18.1 Å². The molecule has 0 aliphatic carbocycles. The van der Waals surface area contributed by atoms with Crippen LogP contribution in [0.1, 0.15) is 39.2 Å². The second-order valence-corrected chi connectivity index (χ2v) is 10.4. The highest BCUT2D eigenvalue weighted by Crippen LogP contribution is 2.34. The smallest absolute Gasteiger partial charge is 0.286 e. The number of hydrogen-bond donors (Lipinski definition) is 0. The number of aliphatic imine (C=N–C) groups is 1. The van der Waals surface area contributed by atoms with Gasteiger partial charge in [-0.1, -0.05) is 43.7 Å². The number of para-hydroxylation sites is 1. The predicted molar refractivity (Wildman–Crippen MR) is 149 cm³/mol. The first-order valence-electron chi connectivity index (χ1n) is 12.8. The van der Waals surface area contributed by atoms with Crippen molar-refractivity contribution < 1.29 is 14.3 Å². The predicted octanol–water partition coefficient (Wildman–Crippen LogP) is 5.80. The second-order valence-electron chi connectivity index (χ2n) is 9.42. The summed E-state index contributed by atoms with van der Waals surface area (Å²) in [4.78, 5) is 20.1. The highest BCUT2D eigenvalue weighted by Gasteiger charge is 2.31. The number of amidine groups is 1. The van der Waals surface area contributed by atoms with Gasteiger partial charge < -0.3 is 14.4 Å². The zero-order valence-corrected chi connectivity index (χ0v) is 22.3. The number of carbonyl (C=O) groups excluding carboxylic acids is 1. The van der Waals surface area contributed by atoms with Crippen molar-refractivity contribution in [2.45, 2.75) is 45.8 Å². The fourth-order valence-corrected chi connectivity index (χ4v) is 5.43. The number of aromatic nitrogens is 2. The Morgan fingerprint density at radius 2 is 1.89 bits per heavy atom. The molecule has 192 valence electrons. The largest absolute Gasteiger partial charge is 0.494 e. The first-order chi connectivity index (χ1) is 18.0. The molecule has 2 aliphatic heterocycles. The van der Waals surface area contributed by atoms with Crippen molar-refractivity contribution in [2.75, 3.05) is 19.7 Å². The third kappa shape index (κ3) is 5.97. The number of morpholine rings is 1. The monoisotopic (exact) mass is 516 g/mol. The lowest BCUT2D eigenvalue weighted by Gasteiger charge is -2.35. The van der Waals surface area contributed by atoms with Crippen molar-refractivity contribution in [3.8, 4) is 22.7 Å². The standard InChI is InChI=1S/C29H32N4O3S/c1-4-5-14-35-25-13-9-10-22(15-25)27-23(19-33(31-27)24-11-7-6-8-12-24)16-26-28(34)30-29(37-26)32-17-20(2)36-21(3)18-32/h6-13,15-16,19-21H,4-5,14,17-18H2,1-3H3/b26-16-/t20-,21-/m0/s1. The normalized spacial score (nSPS) is 20.9. The Labute approximate surface area is 222 Å². The number of thioether (sulfide) groups is 1. The van der Waals surface area contributed by atoms with Crippen LogP contribution in [0.25, 0.3) is 23.0 Å². The number of nitrogens with zero attached hydrogens (tertiary/aromatic N) is 4. The molecule has 0 bridgehead atoms. The van der Waals surface area contributed by atoms with E-state index in [4.69, 9.17) is 14.6 Å². The molecule has 0 radical (unpaired) electrons. The molecule has 1 amide bonds. The number of hydrogen-bond acceptors (Lipinski definition) is 6. The number of amides is 1. The summed E-state index contributed by atoms with van der Waals surface area (Å²) >= 11 is 1.42. The van der Waals surface area contributed by atoms with E-state index in [2.05, 4.69) is 16.8 Å². The average molecular weight is 517 g/mol. The Kier molecular flexibility index (Phi) is 7.76. The molecule has 0 spiro atoms. The molecule has 1 fully saturated rings. The summed E-state index contributed by atoms with van der Waals surface area (Å²) in [5.74, 6) is 0.591. The molecule has 5 rings (SSSR count). The number of carbonyl (C=O) groups is 1. The molecule has 7 nitrogen and oxygen atoms in total. The van der Waals surface area contributed by atoms with Gasteiger partial charge in [0.15, 0.2) is 5.17 Å². The van der Waals surface area contributed by atoms with Gasteiger partial charge in [-0.3, -0.25) is 4.79 Å². The van der Waals surface area contributed by atoms with Gasteiger partial charge in [-0.05, 0) is 62.4 Å². The SMILES string of the molecule is CCCCOc1cccc(-c2nn(-c3ccccc3)cc2/C=C2\SC(N3C[C@H](C)O[C@@H](C)C3)=NC2=O)c1. The fraction of sp³-hybridized carbons (Fsp3) is 0.345. The topological polar surface area (TPSA) is 68.9 Å². The molecular weight excluding hydrogens is 484 g/mol. The first-order valence-corrected chi connectivity index (χ1v) is 13.6. The lowest BCUT2D eigenvalue weighted by atomic mass is 10.1. The van der Waals surface area contributed by atoms with Crippen LogP contribution in [0.2, 0.25) is 0 Å². The van der Waals surface area contributed by atoms with Crippen LogP contribution in [-0.2, 0) is 9.53 Å². The molecule has 8 heteroatoms. The molecule has 3 aromatic rings. The minimum absolute atomic E-state index is 0.0951. The molecule has 0 N–H and O–H groups in total. The number of rotatable bonds is 7. The summed E-state index contributed by atoms with van der Waals surface area (Å²) in [6, 6.07) is 17.9. The van der Waals surface area contributed by atoms with Crippen LogP contribution in [0.15, 0.2) is 70.7 Å². The Bertz CT molecular complexity index is 1310. The van der Waals surface area contributed by atoms with Crippen molar-refractivity contribution in [1.29, 1.82) is 0 Å². The summed E-state index contributed by atoms with van der Waals surface area (Å²) in [5, 5.41) is 5.65. The number of unbranched alkanes of at least 4 members (excludes halogenated alkanes) is 1. The van der Waals surface area contributed by atoms with E-state index < -0.39 is 0 Å². The van der Waals surface area contributed by atoms with E-state index in [9.17, 15) is 4.79 Å². The van der Waals surface area contributed by atoms with Crippen LogP contribution in [0.4, 0.5) is 0 Å². The van der Waals surface area contributed by atoms with Gasteiger partial charge in [0.2, 0.25) is 0 Å². The highest BCUT2D eigenvalue weighted by atomic mass is 32.2. The number of ether oxygens (including phenoxy) is 2. The zero-order valence-electron chi connectivity index (χ0n) is 21.5. The van der Waals surface area contributed by atoms with E-state index >= 15 is 0 Å². The first kappa shape index (κ1) is 25.3. The van der Waals surface area contributed by atoms with Crippen molar-refractivity contribution >= 4 is 28.9 Å². The quantitative estimate of drug-likeness (QED) is 0.292. The van der Waals surface area contributed by atoms with Gasteiger partial charge in [0.1, 0.15) is 11.4 Å². The summed E-state index contributed by atoms with van der Waals surface area (Å²) in [6.45, 7) is 8.36. The van der Waals surface area contributed by atoms with Crippen molar-refractivity contribution in [3.05, 3.63) is 71.3 Å². The average Bonchev–Trinajstić information content (AvgIpc) is 3.48. The van der Waals surface area contributed by atoms with E-state index in [1.165, 1.54) is 11.8 Å². The lowest BCUT2D eigenvalue weighted by Crippen LogP contribution is -2.47. The summed E-state index contributed by atoms with van der Waals surface area (Å²) in [6.07, 6.45) is 6.15. The Balaban J connectivity index is 1.47. The van der Waals surface area contributed by atoms with Gasteiger partial charge in [0, 0.05) is 30.4 Å². The maximum atomic E-state index is 12.9. The van der Waals surface area contributed by atoms with Gasteiger partial charge in [-0.2, -0.15) is 10.1 Å². The maximum Gasteiger partial charge on any atom is 0.286 e. The van der Waals surface area contributed by atoms with Gasteiger partial charge in [0.05, 0.1) is 29.4 Å². The molecular formula is C29H32N4O3S. The second kappa shape index (κ2) is 11.4. The van der Waals surface area contributed by atoms with Crippen molar-refractivity contribution in [2.24, 2.45) is 4.99 Å². The molecule has 0 unspecified atom stereocenters. The summed E-state index contributed by atoms with van der Waals surface area (Å²) < 4.78 is 13.6. The van der Waals surface area contributed by atoms with Gasteiger partial charge in [-0.15, -0.1) is 0 Å². The minimum atomic E-state index is -0.221. The van der Waals surface area contributed by atoms with Crippen molar-refractivity contribution in [3.63, 3.8) is 0 Å². The maximum absolute atomic E-state index is 12.9. The third-order valence-electron chi connectivity index (χ3n) is 6.22. The van der Waals surface area contributed by atoms with Crippen LogP contribution >= 0.6 is 11.8 Å². The lowest BCUT2D eigenvalue weighted by molar-refractivity contribution is -0.113. The molecule has 37 heavy (non-hydrogen) atoms. The zero-order chi connectivity index (χ0) is 25.8. The highest BCUT2D eigenvalue weighted by molar-refractivity contribution is 8.18. The molecule has 2 aromatic carbocycles. The Hall–Kier alpha value is -3.36. The van der Waals surface area contributed by atoms with Gasteiger partial charge >= 0.3 is 0 Å². The molecule has 1 saturated heterocycles. The fourth-order valence-electron chi connectivity index (χ4n) is 4.51. The van der Waals surface area contributed by atoms with E-state index in [0.29, 0.717) is 11.5 Å². The van der Waals surface area contributed by atoms with Crippen molar-refractivity contribution in [1.82, 2.24) is 14.7 Å². The van der Waals surface area contributed by atoms with Crippen LogP contribution in [0.3, 0.4) is 0 Å². The molecule has 3 heterocycles. The Morgan fingerprint density at radius 1 is 1.11 bits per heavy atom. The van der Waals surface area contributed by atoms with Gasteiger partial charge in [0.25, 0.3) is 5.91 Å². The molecule has 2 aliphatic rings. The Morgan fingerprint density at radius 3 is 2.65 bits per heavy atom. The van der Waals surface area contributed by atoms with Crippen LogP contribution < -0.4 is 4.74 Å². The van der Waals surface area contributed by atoms with E-state index in [1.54, 1.807) is 0 Å². The molecule has 1 aromatic heterocycles. The van der Waals surface area contributed by atoms with E-state index in [1.807, 2.05) is 85.4 Å². The van der Waals surface area contributed by atoms with E-state index in [0.717, 1.165) is 59.4 Å².